The molecule has 1 aliphatic rings. The second kappa shape index (κ2) is 5.54. The van der Waals surface area contributed by atoms with Crippen LogP contribution in [0.5, 0.6) is 11.5 Å². The molecule has 0 spiro atoms. The SMILES string of the molecule is COc1ccc2c(c1)OC(c1ccc(Cl)c(F)c1)CC2N. The third kappa shape index (κ3) is 2.69. The second-order valence-corrected chi connectivity index (χ2v) is 5.43. The molecule has 2 atom stereocenters. The number of halogens is 2. The van der Waals surface area contributed by atoms with Crippen LogP contribution in [0, 0.1) is 5.82 Å². The summed E-state index contributed by atoms with van der Waals surface area (Å²) in [6, 6.07) is 10.1. The molecule has 5 heteroatoms. The number of benzene rings is 2. The molecule has 2 aromatic rings. The van der Waals surface area contributed by atoms with E-state index in [1.807, 2.05) is 12.1 Å². The molecule has 0 aromatic heterocycles. The zero-order valence-electron chi connectivity index (χ0n) is 11.5. The van der Waals surface area contributed by atoms with E-state index in [4.69, 9.17) is 26.8 Å². The number of hydrogen-bond donors (Lipinski definition) is 1. The fourth-order valence-corrected chi connectivity index (χ4v) is 2.64. The van der Waals surface area contributed by atoms with Gasteiger partial charge in [0.1, 0.15) is 23.4 Å². The van der Waals surface area contributed by atoms with Crippen LogP contribution in [0.2, 0.25) is 5.02 Å². The lowest BCUT2D eigenvalue weighted by atomic mass is 9.93. The number of nitrogens with two attached hydrogens (primary N) is 1. The van der Waals surface area contributed by atoms with Crippen molar-refractivity contribution >= 4 is 11.6 Å². The van der Waals surface area contributed by atoms with Gasteiger partial charge in [0.2, 0.25) is 0 Å². The molecule has 3 rings (SSSR count). The lowest BCUT2D eigenvalue weighted by Gasteiger charge is -2.30. The Kier molecular flexibility index (Phi) is 3.74. The van der Waals surface area contributed by atoms with Gasteiger partial charge in [0.25, 0.3) is 0 Å². The van der Waals surface area contributed by atoms with Crippen LogP contribution >= 0.6 is 11.6 Å². The summed E-state index contributed by atoms with van der Waals surface area (Å²) in [5.41, 5.74) is 7.85. The van der Waals surface area contributed by atoms with Crippen LogP contribution in [0.3, 0.4) is 0 Å². The summed E-state index contributed by atoms with van der Waals surface area (Å²) in [6.07, 6.45) is 0.284. The first-order valence-electron chi connectivity index (χ1n) is 6.63. The highest BCUT2D eigenvalue weighted by atomic mass is 35.5. The van der Waals surface area contributed by atoms with Gasteiger partial charge in [0, 0.05) is 24.1 Å². The highest BCUT2D eigenvalue weighted by molar-refractivity contribution is 6.30. The van der Waals surface area contributed by atoms with E-state index in [0.717, 1.165) is 11.1 Å². The van der Waals surface area contributed by atoms with Gasteiger partial charge in [0.15, 0.2) is 0 Å². The summed E-state index contributed by atoms with van der Waals surface area (Å²) in [6.45, 7) is 0. The third-order valence-electron chi connectivity index (χ3n) is 3.67. The van der Waals surface area contributed by atoms with Gasteiger partial charge in [-0.2, -0.15) is 0 Å². The summed E-state index contributed by atoms with van der Waals surface area (Å²) >= 11 is 5.71. The van der Waals surface area contributed by atoms with Crippen LogP contribution < -0.4 is 15.2 Å². The van der Waals surface area contributed by atoms with Gasteiger partial charge in [-0.3, -0.25) is 0 Å². The van der Waals surface area contributed by atoms with Gasteiger partial charge in [0.05, 0.1) is 12.1 Å². The predicted octanol–water partition coefficient (Wildman–Crippen LogP) is 4.01. The van der Waals surface area contributed by atoms with Crippen LogP contribution in [0.1, 0.15) is 29.7 Å². The normalized spacial score (nSPS) is 20.6. The molecule has 2 aromatic carbocycles. The fraction of sp³-hybridized carbons (Fsp3) is 0.250. The lowest BCUT2D eigenvalue weighted by Crippen LogP contribution is -2.24. The number of hydrogen-bond acceptors (Lipinski definition) is 3. The van der Waals surface area contributed by atoms with Crippen molar-refractivity contribution in [3.8, 4) is 11.5 Å². The molecule has 0 saturated carbocycles. The molecule has 0 saturated heterocycles. The lowest BCUT2D eigenvalue weighted by molar-refractivity contribution is 0.160. The highest BCUT2D eigenvalue weighted by Crippen LogP contribution is 2.41. The van der Waals surface area contributed by atoms with Crippen molar-refractivity contribution in [1.82, 2.24) is 0 Å². The molecule has 0 aliphatic carbocycles. The van der Waals surface area contributed by atoms with Crippen molar-refractivity contribution < 1.29 is 13.9 Å². The van der Waals surface area contributed by atoms with Gasteiger partial charge in [-0.25, -0.2) is 4.39 Å². The van der Waals surface area contributed by atoms with Gasteiger partial charge < -0.3 is 15.2 Å². The molecule has 21 heavy (non-hydrogen) atoms. The average molecular weight is 308 g/mol. The molecular formula is C16H15ClFNO2. The Bertz CT molecular complexity index is 677. The van der Waals surface area contributed by atoms with Gasteiger partial charge in [-0.1, -0.05) is 23.7 Å². The van der Waals surface area contributed by atoms with Crippen molar-refractivity contribution in [2.45, 2.75) is 18.6 Å². The van der Waals surface area contributed by atoms with E-state index in [1.54, 1.807) is 19.2 Å². The van der Waals surface area contributed by atoms with Crippen molar-refractivity contribution in [1.29, 1.82) is 0 Å². The second-order valence-electron chi connectivity index (χ2n) is 5.03. The highest BCUT2D eigenvalue weighted by Gasteiger charge is 2.27. The van der Waals surface area contributed by atoms with Crippen LogP contribution in [0.25, 0.3) is 0 Å². The number of fused-ring (bicyclic) bond motifs is 1. The van der Waals surface area contributed by atoms with Gasteiger partial charge in [-0.15, -0.1) is 0 Å². The maximum Gasteiger partial charge on any atom is 0.142 e. The van der Waals surface area contributed by atoms with E-state index < -0.39 is 5.82 Å². The third-order valence-corrected chi connectivity index (χ3v) is 3.98. The maximum absolute atomic E-state index is 13.6. The first-order valence-corrected chi connectivity index (χ1v) is 7.01. The molecule has 3 nitrogen and oxygen atoms in total. The molecule has 2 unspecified atom stereocenters. The standard InChI is InChI=1S/C16H15ClFNO2/c1-20-10-3-4-11-14(19)8-15(21-16(11)7-10)9-2-5-12(17)13(18)6-9/h2-7,14-15H,8,19H2,1H3. The Hall–Kier alpha value is -1.78. The van der Waals surface area contributed by atoms with E-state index in [9.17, 15) is 4.39 Å². The van der Waals surface area contributed by atoms with Crippen molar-refractivity contribution in [2.75, 3.05) is 7.11 Å². The number of methoxy groups -OCH3 is 1. The molecule has 0 bridgehead atoms. The first kappa shape index (κ1) is 14.2. The monoisotopic (exact) mass is 307 g/mol. The Morgan fingerprint density at radius 1 is 1.29 bits per heavy atom. The fourth-order valence-electron chi connectivity index (χ4n) is 2.53. The molecule has 0 radical (unpaired) electrons. The Morgan fingerprint density at radius 2 is 2.10 bits per heavy atom. The van der Waals surface area contributed by atoms with Gasteiger partial charge in [-0.05, 0) is 23.8 Å². The molecule has 1 heterocycles. The van der Waals surface area contributed by atoms with E-state index in [0.29, 0.717) is 17.9 Å². The molecule has 110 valence electrons. The van der Waals surface area contributed by atoms with Crippen LogP contribution in [0.15, 0.2) is 36.4 Å². The molecule has 0 fully saturated rings. The summed E-state index contributed by atoms with van der Waals surface area (Å²) in [5, 5.41) is 0.0981. The Labute approximate surface area is 127 Å². The number of rotatable bonds is 2. The largest absolute Gasteiger partial charge is 0.497 e. The van der Waals surface area contributed by atoms with Crippen LogP contribution in [-0.4, -0.2) is 7.11 Å². The van der Waals surface area contributed by atoms with Crippen molar-refractivity contribution in [2.24, 2.45) is 5.73 Å². The first-order chi connectivity index (χ1) is 10.1. The minimum Gasteiger partial charge on any atom is -0.497 e. The zero-order valence-corrected chi connectivity index (χ0v) is 12.2. The molecule has 0 amide bonds. The average Bonchev–Trinajstić information content (AvgIpc) is 2.49. The predicted molar refractivity (Wildman–Crippen MR) is 79.3 cm³/mol. The van der Waals surface area contributed by atoms with Crippen LogP contribution in [0.4, 0.5) is 4.39 Å². The minimum absolute atomic E-state index is 0.0981. The molecule has 2 N–H and O–H groups in total. The smallest absolute Gasteiger partial charge is 0.142 e. The summed E-state index contributed by atoms with van der Waals surface area (Å²) in [5.74, 6) is 0.917. The summed E-state index contributed by atoms with van der Waals surface area (Å²) in [4.78, 5) is 0. The summed E-state index contributed by atoms with van der Waals surface area (Å²) < 4.78 is 24.8. The van der Waals surface area contributed by atoms with Gasteiger partial charge >= 0.3 is 0 Å². The summed E-state index contributed by atoms with van der Waals surface area (Å²) in [7, 11) is 1.59. The van der Waals surface area contributed by atoms with Crippen molar-refractivity contribution in [3.05, 3.63) is 58.4 Å². The van der Waals surface area contributed by atoms with E-state index in [2.05, 4.69) is 0 Å². The molecule has 1 aliphatic heterocycles. The Morgan fingerprint density at radius 3 is 2.81 bits per heavy atom. The molecular weight excluding hydrogens is 293 g/mol. The quantitative estimate of drug-likeness (QED) is 0.911. The minimum atomic E-state index is -0.456. The van der Waals surface area contributed by atoms with Crippen LogP contribution in [-0.2, 0) is 0 Å². The van der Waals surface area contributed by atoms with Crippen molar-refractivity contribution in [3.63, 3.8) is 0 Å². The van der Waals surface area contributed by atoms with E-state index in [-0.39, 0.29) is 17.2 Å². The Balaban J connectivity index is 1.94. The number of ether oxygens (including phenoxy) is 2. The maximum atomic E-state index is 13.6. The topological polar surface area (TPSA) is 44.5 Å². The zero-order chi connectivity index (χ0) is 15.0. The van der Waals surface area contributed by atoms with E-state index >= 15 is 0 Å². The van der Waals surface area contributed by atoms with E-state index in [1.165, 1.54) is 12.1 Å².